The van der Waals surface area contributed by atoms with Crippen LogP contribution >= 0.6 is 0 Å². The Labute approximate surface area is 145 Å². The molecule has 0 aliphatic rings. The van der Waals surface area contributed by atoms with E-state index in [-0.39, 0.29) is 18.7 Å². The van der Waals surface area contributed by atoms with Gasteiger partial charge >= 0.3 is 6.61 Å². The van der Waals surface area contributed by atoms with Crippen LogP contribution in [0.25, 0.3) is 0 Å². The van der Waals surface area contributed by atoms with E-state index in [0.717, 1.165) is 5.56 Å². The van der Waals surface area contributed by atoms with E-state index in [9.17, 15) is 18.7 Å². The topological polar surface area (TPSA) is 58.6 Å². The van der Waals surface area contributed by atoms with Crippen LogP contribution in [0.5, 0.6) is 5.75 Å². The molecule has 1 amide bonds. The van der Waals surface area contributed by atoms with Crippen LogP contribution in [0.2, 0.25) is 0 Å². The van der Waals surface area contributed by atoms with Gasteiger partial charge in [-0.05, 0) is 25.5 Å². The maximum absolute atomic E-state index is 12.5. The lowest BCUT2D eigenvalue weighted by molar-refractivity contribution is -0.126. The highest BCUT2D eigenvalue weighted by atomic mass is 19.3. The van der Waals surface area contributed by atoms with Crippen LogP contribution in [0.15, 0.2) is 48.5 Å². The lowest BCUT2D eigenvalue weighted by Gasteiger charge is -2.23. The maximum Gasteiger partial charge on any atom is 0.387 e. The Bertz CT molecular complexity index is 718. The minimum Gasteiger partial charge on any atom is -0.434 e. The zero-order valence-electron chi connectivity index (χ0n) is 14.1. The number of rotatable bonds is 7. The fourth-order valence-corrected chi connectivity index (χ4v) is 2.53. The molecule has 1 unspecified atom stereocenters. The molecular weight excluding hydrogens is 328 g/mol. The van der Waals surface area contributed by atoms with Crippen molar-refractivity contribution in [3.63, 3.8) is 0 Å². The van der Waals surface area contributed by atoms with Crippen molar-refractivity contribution >= 4 is 5.91 Å². The van der Waals surface area contributed by atoms with E-state index >= 15 is 0 Å². The lowest BCUT2D eigenvalue weighted by atomic mass is 9.92. The molecule has 0 aromatic heterocycles. The standard InChI is InChI=1S/C19H21F2NO3/c1-13-8-9-16(25-18(20)21)14(10-13)12-22-17(23)11-19(2,24)15-6-4-3-5-7-15/h3-10,18,24H,11-12H2,1-2H3,(H,22,23). The Balaban J connectivity index is 2.01. The average molecular weight is 349 g/mol. The van der Waals surface area contributed by atoms with E-state index in [1.807, 2.05) is 13.0 Å². The molecule has 2 rings (SSSR count). The Morgan fingerprint density at radius 2 is 1.92 bits per heavy atom. The zero-order chi connectivity index (χ0) is 18.4. The summed E-state index contributed by atoms with van der Waals surface area (Å²) in [6.07, 6.45) is -0.145. The number of aryl methyl sites for hydroxylation is 1. The van der Waals surface area contributed by atoms with Crippen LogP contribution < -0.4 is 10.1 Å². The van der Waals surface area contributed by atoms with Gasteiger partial charge in [0.2, 0.25) is 5.91 Å². The molecule has 2 aromatic rings. The quantitative estimate of drug-likeness (QED) is 0.804. The minimum absolute atomic E-state index is 0.0238. The highest BCUT2D eigenvalue weighted by molar-refractivity contribution is 5.77. The molecule has 0 fully saturated rings. The van der Waals surface area contributed by atoms with Crippen molar-refractivity contribution in [1.82, 2.24) is 5.32 Å². The van der Waals surface area contributed by atoms with Crippen molar-refractivity contribution < 1.29 is 23.4 Å². The number of nitrogens with one attached hydrogen (secondary N) is 1. The Kier molecular flexibility index (Phi) is 6.09. The average Bonchev–Trinajstić information content (AvgIpc) is 2.55. The summed E-state index contributed by atoms with van der Waals surface area (Å²) in [5, 5.41) is 13.1. The third-order valence-corrected chi connectivity index (χ3v) is 3.81. The second-order valence-corrected chi connectivity index (χ2v) is 6.08. The van der Waals surface area contributed by atoms with Crippen LogP contribution in [0, 0.1) is 6.92 Å². The molecule has 2 aromatic carbocycles. The highest BCUT2D eigenvalue weighted by Crippen LogP contribution is 2.25. The summed E-state index contributed by atoms with van der Waals surface area (Å²) >= 11 is 0. The molecule has 0 radical (unpaired) electrons. The fourth-order valence-electron chi connectivity index (χ4n) is 2.53. The van der Waals surface area contributed by atoms with Crippen LogP contribution in [0.3, 0.4) is 0 Å². The monoisotopic (exact) mass is 349 g/mol. The summed E-state index contributed by atoms with van der Waals surface area (Å²) in [5.41, 5.74) is 0.623. The number of halogens is 2. The predicted molar refractivity (Wildman–Crippen MR) is 90.3 cm³/mol. The van der Waals surface area contributed by atoms with Gasteiger partial charge < -0.3 is 15.2 Å². The Hall–Kier alpha value is -2.47. The molecule has 0 saturated heterocycles. The molecule has 0 bridgehead atoms. The molecule has 6 heteroatoms. The van der Waals surface area contributed by atoms with Crippen LogP contribution in [-0.2, 0) is 16.9 Å². The summed E-state index contributed by atoms with van der Waals surface area (Å²) in [6, 6.07) is 13.6. The van der Waals surface area contributed by atoms with Crippen LogP contribution in [0.1, 0.15) is 30.0 Å². The van der Waals surface area contributed by atoms with Crippen LogP contribution in [-0.4, -0.2) is 17.6 Å². The molecule has 134 valence electrons. The van der Waals surface area contributed by atoms with Gasteiger partial charge in [-0.2, -0.15) is 8.78 Å². The number of ether oxygens (including phenoxy) is 1. The van der Waals surface area contributed by atoms with Gasteiger partial charge in [0.15, 0.2) is 0 Å². The number of hydrogen-bond acceptors (Lipinski definition) is 3. The van der Waals surface area contributed by atoms with Crippen molar-refractivity contribution in [2.45, 2.75) is 39.0 Å². The third kappa shape index (κ3) is 5.53. The lowest BCUT2D eigenvalue weighted by Crippen LogP contribution is -2.32. The molecule has 4 nitrogen and oxygen atoms in total. The second kappa shape index (κ2) is 8.07. The fraction of sp³-hybridized carbons (Fsp3) is 0.316. The molecule has 0 spiro atoms. The number of benzene rings is 2. The molecule has 0 saturated carbocycles. The van der Waals surface area contributed by atoms with Crippen molar-refractivity contribution in [1.29, 1.82) is 0 Å². The molecule has 1 atom stereocenters. The number of aliphatic hydroxyl groups is 1. The SMILES string of the molecule is Cc1ccc(OC(F)F)c(CNC(=O)CC(C)(O)c2ccccc2)c1. The van der Waals surface area contributed by atoms with Gasteiger partial charge in [0.25, 0.3) is 0 Å². The van der Waals surface area contributed by atoms with Gasteiger partial charge in [0.1, 0.15) is 5.75 Å². The van der Waals surface area contributed by atoms with Gasteiger partial charge in [0, 0.05) is 12.1 Å². The smallest absolute Gasteiger partial charge is 0.387 e. The molecule has 25 heavy (non-hydrogen) atoms. The number of amides is 1. The largest absolute Gasteiger partial charge is 0.434 e. The van der Waals surface area contributed by atoms with Crippen LogP contribution in [0.4, 0.5) is 8.78 Å². The first-order valence-electron chi connectivity index (χ1n) is 7.87. The van der Waals surface area contributed by atoms with E-state index in [1.54, 1.807) is 43.3 Å². The van der Waals surface area contributed by atoms with E-state index in [0.29, 0.717) is 11.1 Å². The Morgan fingerprint density at radius 3 is 2.56 bits per heavy atom. The minimum atomic E-state index is -2.93. The normalized spacial score (nSPS) is 13.4. The van der Waals surface area contributed by atoms with Crippen molar-refractivity contribution in [3.8, 4) is 5.75 Å². The van der Waals surface area contributed by atoms with Gasteiger partial charge in [-0.15, -0.1) is 0 Å². The molecular formula is C19H21F2NO3. The summed E-state index contributed by atoms with van der Waals surface area (Å²) in [5.74, 6) is -0.367. The van der Waals surface area contributed by atoms with E-state index < -0.39 is 18.1 Å². The third-order valence-electron chi connectivity index (χ3n) is 3.81. The first-order valence-corrected chi connectivity index (χ1v) is 7.87. The van der Waals surface area contributed by atoms with Crippen molar-refractivity contribution in [2.24, 2.45) is 0 Å². The van der Waals surface area contributed by atoms with Crippen molar-refractivity contribution in [3.05, 3.63) is 65.2 Å². The molecule has 0 aliphatic heterocycles. The summed E-state index contributed by atoms with van der Waals surface area (Å²) in [6.45, 7) is 0.473. The number of alkyl halides is 2. The first kappa shape index (κ1) is 18.9. The number of hydrogen-bond donors (Lipinski definition) is 2. The Morgan fingerprint density at radius 1 is 1.24 bits per heavy atom. The molecule has 0 aliphatic carbocycles. The number of carbonyl (C=O) groups excluding carboxylic acids is 1. The zero-order valence-corrected chi connectivity index (χ0v) is 14.1. The summed E-state index contributed by atoms with van der Waals surface area (Å²) in [7, 11) is 0. The van der Waals surface area contributed by atoms with Gasteiger partial charge in [-0.1, -0.05) is 48.0 Å². The predicted octanol–water partition coefficient (Wildman–Crippen LogP) is 3.51. The van der Waals surface area contributed by atoms with Gasteiger partial charge in [-0.25, -0.2) is 0 Å². The van der Waals surface area contributed by atoms with Crippen molar-refractivity contribution in [2.75, 3.05) is 0 Å². The van der Waals surface area contributed by atoms with E-state index in [2.05, 4.69) is 10.1 Å². The van der Waals surface area contributed by atoms with Gasteiger partial charge in [-0.3, -0.25) is 4.79 Å². The van der Waals surface area contributed by atoms with Gasteiger partial charge in [0.05, 0.1) is 12.0 Å². The van der Waals surface area contributed by atoms with E-state index in [4.69, 9.17) is 0 Å². The van der Waals surface area contributed by atoms with E-state index in [1.165, 1.54) is 6.07 Å². The first-order chi connectivity index (χ1) is 11.8. The molecule has 2 N–H and O–H groups in total. The summed E-state index contributed by atoms with van der Waals surface area (Å²) in [4.78, 5) is 12.2. The summed E-state index contributed by atoms with van der Waals surface area (Å²) < 4.78 is 29.4. The molecule has 0 heterocycles. The maximum atomic E-state index is 12.5. The second-order valence-electron chi connectivity index (χ2n) is 6.08. The number of carbonyl (C=O) groups is 1. The highest BCUT2D eigenvalue weighted by Gasteiger charge is 2.26.